The predicted octanol–water partition coefficient (Wildman–Crippen LogP) is 4.19. The van der Waals surface area contributed by atoms with Gasteiger partial charge in [-0.05, 0) is 41.8 Å². The Morgan fingerprint density at radius 3 is 2.27 bits per heavy atom. The summed E-state index contributed by atoms with van der Waals surface area (Å²) in [7, 11) is 1.58. The van der Waals surface area contributed by atoms with Gasteiger partial charge >= 0.3 is 6.18 Å². The maximum atomic E-state index is 12.7. The molecule has 0 saturated heterocycles. The molecule has 0 saturated carbocycles. The van der Waals surface area contributed by atoms with Gasteiger partial charge in [-0.1, -0.05) is 24.3 Å². The summed E-state index contributed by atoms with van der Waals surface area (Å²) in [5.74, 6) is 0.754. The molecule has 26 heavy (non-hydrogen) atoms. The van der Waals surface area contributed by atoms with Crippen LogP contribution in [0.15, 0.2) is 48.5 Å². The SMILES string of the molecule is COc1ccc([C@H](Cc2ccc(C(F)(F)F)cc2)c2[c][nH]c(N)n2)cc1. The maximum Gasteiger partial charge on any atom is 0.416 e. The molecule has 0 spiro atoms. The van der Waals surface area contributed by atoms with Gasteiger partial charge in [0.1, 0.15) is 5.75 Å². The van der Waals surface area contributed by atoms with Crippen LogP contribution >= 0.6 is 0 Å². The number of anilines is 1. The molecule has 3 rings (SSSR count). The number of nitrogens with one attached hydrogen (secondary N) is 1. The molecule has 0 aliphatic heterocycles. The number of halogens is 3. The molecule has 7 heteroatoms. The zero-order valence-corrected chi connectivity index (χ0v) is 14.0. The van der Waals surface area contributed by atoms with Crippen LogP contribution in [0.1, 0.15) is 28.3 Å². The van der Waals surface area contributed by atoms with E-state index in [1.54, 1.807) is 7.11 Å². The first-order valence-corrected chi connectivity index (χ1v) is 7.90. The number of benzene rings is 2. The quantitative estimate of drug-likeness (QED) is 0.717. The number of nitrogen functional groups attached to an aromatic ring is 1. The molecule has 0 amide bonds. The lowest BCUT2D eigenvalue weighted by molar-refractivity contribution is -0.137. The molecular weight excluding hydrogens is 343 g/mol. The fourth-order valence-corrected chi connectivity index (χ4v) is 2.75. The molecule has 0 aliphatic carbocycles. The van der Waals surface area contributed by atoms with Gasteiger partial charge in [0.2, 0.25) is 0 Å². The maximum absolute atomic E-state index is 12.7. The first-order chi connectivity index (χ1) is 12.4. The number of hydrogen-bond donors (Lipinski definition) is 2. The van der Waals surface area contributed by atoms with Crippen LogP contribution in [-0.2, 0) is 12.6 Å². The fourth-order valence-electron chi connectivity index (χ4n) is 2.75. The lowest BCUT2D eigenvalue weighted by Gasteiger charge is -2.16. The van der Waals surface area contributed by atoms with E-state index >= 15 is 0 Å². The molecular formula is C19H17F3N3O. The molecule has 135 valence electrons. The molecule has 0 fully saturated rings. The van der Waals surface area contributed by atoms with Crippen molar-refractivity contribution in [2.24, 2.45) is 0 Å². The summed E-state index contributed by atoms with van der Waals surface area (Å²) >= 11 is 0. The van der Waals surface area contributed by atoms with Crippen molar-refractivity contribution in [1.29, 1.82) is 0 Å². The van der Waals surface area contributed by atoms with Crippen molar-refractivity contribution in [2.45, 2.75) is 18.5 Å². The van der Waals surface area contributed by atoms with E-state index in [2.05, 4.69) is 16.2 Å². The average molecular weight is 360 g/mol. The fraction of sp³-hybridized carbons (Fsp3) is 0.211. The van der Waals surface area contributed by atoms with Crippen molar-refractivity contribution in [1.82, 2.24) is 9.97 Å². The van der Waals surface area contributed by atoms with Gasteiger partial charge in [-0.25, -0.2) is 4.98 Å². The number of rotatable bonds is 5. The third kappa shape index (κ3) is 3.99. The van der Waals surface area contributed by atoms with Gasteiger partial charge in [0.25, 0.3) is 0 Å². The normalized spacial score (nSPS) is 12.8. The number of alkyl halides is 3. The highest BCUT2D eigenvalue weighted by molar-refractivity contribution is 5.37. The standard InChI is InChI=1S/C19H17F3N3O/c1-26-15-8-4-13(5-9-15)16(17-11-24-18(23)25-17)10-12-2-6-14(7-3-12)19(20,21)22/h2-9,16H,10H2,1H3,(H3,23,24,25)/t16-/m0/s1. The average Bonchev–Trinajstić information content (AvgIpc) is 3.05. The number of nitrogens with two attached hydrogens (primary N) is 1. The van der Waals surface area contributed by atoms with E-state index in [9.17, 15) is 13.2 Å². The van der Waals surface area contributed by atoms with Gasteiger partial charge in [-0.15, -0.1) is 0 Å². The van der Waals surface area contributed by atoms with Gasteiger partial charge in [0.05, 0.1) is 24.6 Å². The van der Waals surface area contributed by atoms with Gasteiger partial charge in [0, 0.05) is 5.92 Å². The van der Waals surface area contributed by atoms with E-state index in [4.69, 9.17) is 10.5 Å². The second-order valence-electron chi connectivity index (χ2n) is 5.86. The minimum absolute atomic E-state index is 0.203. The van der Waals surface area contributed by atoms with Crippen LogP contribution in [-0.4, -0.2) is 17.1 Å². The van der Waals surface area contributed by atoms with E-state index in [0.717, 1.165) is 23.3 Å². The monoisotopic (exact) mass is 360 g/mol. The summed E-state index contributed by atoms with van der Waals surface area (Å²) in [6.45, 7) is 0. The van der Waals surface area contributed by atoms with Crippen molar-refractivity contribution >= 4 is 5.95 Å². The van der Waals surface area contributed by atoms with Gasteiger partial charge < -0.3 is 15.5 Å². The topological polar surface area (TPSA) is 63.9 Å². The number of nitrogens with zero attached hydrogens (tertiary/aromatic N) is 1. The molecule has 0 aliphatic rings. The Bertz CT molecular complexity index is 855. The Morgan fingerprint density at radius 1 is 1.12 bits per heavy atom. The predicted molar refractivity (Wildman–Crippen MR) is 91.8 cm³/mol. The lowest BCUT2D eigenvalue weighted by atomic mass is 9.89. The smallest absolute Gasteiger partial charge is 0.416 e. The molecule has 0 bridgehead atoms. The second-order valence-corrected chi connectivity index (χ2v) is 5.86. The second kappa shape index (κ2) is 7.11. The Hall–Kier alpha value is -2.96. The first-order valence-electron chi connectivity index (χ1n) is 7.90. The van der Waals surface area contributed by atoms with Crippen LogP contribution in [0.4, 0.5) is 19.1 Å². The van der Waals surface area contributed by atoms with Gasteiger partial charge in [-0.3, -0.25) is 0 Å². The minimum Gasteiger partial charge on any atom is -0.497 e. The Kier molecular flexibility index (Phi) is 4.88. The Morgan fingerprint density at radius 2 is 1.77 bits per heavy atom. The van der Waals surface area contributed by atoms with Crippen LogP contribution in [0.25, 0.3) is 0 Å². The number of hydrogen-bond acceptors (Lipinski definition) is 3. The van der Waals surface area contributed by atoms with Crippen molar-refractivity contribution in [3.05, 3.63) is 77.1 Å². The van der Waals surface area contributed by atoms with E-state index in [1.165, 1.54) is 12.1 Å². The summed E-state index contributed by atoms with van der Waals surface area (Å²) in [5.41, 5.74) is 7.29. The molecule has 1 atom stereocenters. The van der Waals surface area contributed by atoms with Crippen molar-refractivity contribution in [3.63, 3.8) is 0 Å². The van der Waals surface area contributed by atoms with Crippen LogP contribution in [0, 0.1) is 6.20 Å². The highest BCUT2D eigenvalue weighted by Gasteiger charge is 2.30. The molecule has 0 unspecified atom stereocenters. The summed E-state index contributed by atoms with van der Waals surface area (Å²) in [5, 5.41) is 0. The zero-order valence-electron chi connectivity index (χ0n) is 14.0. The first kappa shape index (κ1) is 17.8. The third-order valence-electron chi connectivity index (χ3n) is 4.13. The van der Waals surface area contributed by atoms with E-state index < -0.39 is 11.7 Å². The van der Waals surface area contributed by atoms with Gasteiger partial charge in [-0.2, -0.15) is 13.2 Å². The van der Waals surface area contributed by atoms with Crippen molar-refractivity contribution in [3.8, 4) is 5.75 Å². The molecule has 3 aromatic rings. The number of aromatic nitrogens is 2. The highest BCUT2D eigenvalue weighted by atomic mass is 19.4. The number of imidazole rings is 1. The third-order valence-corrected chi connectivity index (χ3v) is 4.13. The number of methoxy groups -OCH3 is 1. The van der Waals surface area contributed by atoms with Crippen LogP contribution < -0.4 is 10.5 Å². The van der Waals surface area contributed by atoms with Gasteiger partial charge in [0.15, 0.2) is 5.95 Å². The molecule has 1 heterocycles. The summed E-state index contributed by atoms with van der Waals surface area (Å²) < 4.78 is 43.4. The Labute approximate surface area is 148 Å². The molecule has 3 N–H and O–H groups in total. The van der Waals surface area contributed by atoms with Crippen molar-refractivity contribution in [2.75, 3.05) is 12.8 Å². The molecule has 1 aromatic heterocycles. The van der Waals surface area contributed by atoms with Crippen molar-refractivity contribution < 1.29 is 17.9 Å². The number of H-pyrrole nitrogens is 1. The zero-order chi connectivity index (χ0) is 18.7. The minimum atomic E-state index is -4.35. The summed E-state index contributed by atoms with van der Waals surface area (Å²) in [6.07, 6.45) is -0.969. The van der Waals surface area contributed by atoms with E-state index in [-0.39, 0.29) is 11.9 Å². The largest absolute Gasteiger partial charge is 0.497 e. The molecule has 4 nitrogen and oxygen atoms in total. The van der Waals surface area contributed by atoms with E-state index in [0.29, 0.717) is 17.9 Å². The van der Waals surface area contributed by atoms with E-state index in [1.807, 2.05) is 24.3 Å². The van der Waals surface area contributed by atoms with Crippen LogP contribution in [0.5, 0.6) is 5.75 Å². The summed E-state index contributed by atoms with van der Waals surface area (Å²) in [4.78, 5) is 6.96. The number of aromatic amines is 1. The van der Waals surface area contributed by atoms with Crippen LogP contribution in [0.2, 0.25) is 0 Å². The summed E-state index contributed by atoms with van der Waals surface area (Å²) in [6, 6.07) is 12.6. The molecule has 1 radical (unpaired) electrons. The number of ether oxygens (including phenoxy) is 1. The van der Waals surface area contributed by atoms with Crippen LogP contribution in [0.3, 0.4) is 0 Å². The Balaban J connectivity index is 1.90. The highest BCUT2D eigenvalue weighted by Crippen LogP contribution is 2.32. The molecule has 2 aromatic carbocycles. The lowest BCUT2D eigenvalue weighted by Crippen LogP contribution is -2.08.